The molecule has 7 nitrogen and oxygen atoms in total. The molecule has 0 atom stereocenters. The molecule has 1 N–H and O–H groups in total. The first-order chi connectivity index (χ1) is 12.6. The third kappa shape index (κ3) is 3.72. The molecule has 0 saturated heterocycles. The lowest BCUT2D eigenvalue weighted by molar-refractivity contribution is -0.385. The Kier molecular flexibility index (Phi) is 4.98. The van der Waals surface area contributed by atoms with Crippen molar-refractivity contribution in [2.24, 2.45) is 5.10 Å². The van der Waals surface area contributed by atoms with Crippen molar-refractivity contribution in [2.45, 2.75) is 13.8 Å². The summed E-state index contributed by atoms with van der Waals surface area (Å²) in [4.78, 5) is 19.7. The van der Waals surface area contributed by atoms with E-state index in [0.717, 1.165) is 16.8 Å². The highest BCUT2D eigenvalue weighted by molar-refractivity contribution is 5.85. The number of nitrogens with zero attached hydrogens (tertiary/aromatic N) is 4. The van der Waals surface area contributed by atoms with E-state index in [0.29, 0.717) is 17.2 Å². The van der Waals surface area contributed by atoms with E-state index >= 15 is 0 Å². The number of aromatic nitrogens is 2. The normalized spacial score (nSPS) is 10.8. The Balaban J connectivity index is 1.89. The molecule has 0 saturated carbocycles. The minimum absolute atomic E-state index is 0.00128. The molecule has 0 amide bonds. The van der Waals surface area contributed by atoms with Crippen molar-refractivity contribution in [3.8, 4) is 11.4 Å². The molecule has 1 aromatic heterocycles. The largest absolute Gasteiger partial charge is 0.278 e. The van der Waals surface area contributed by atoms with Gasteiger partial charge < -0.3 is 0 Å². The van der Waals surface area contributed by atoms with Crippen LogP contribution in [0.5, 0.6) is 0 Å². The van der Waals surface area contributed by atoms with Gasteiger partial charge in [0, 0.05) is 22.9 Å². The van der Waals surface area contributed by atoms with E-state index in [1.165, 1.54) is 12.3 Å². The lowest BCUT2D eigenvalue weighted by atomic mass is 10.2. The monoisotopic (exact) mass is 347 g/mol. The SMILES string of the molecule is Cc1nc(-c2ccccc2)nc(N/N=C/c2ccccc2[N+](=O)[O-])c1C. The molecule has 0 spiro atoms. The zero-order valence-electron chi connectivity index (χ0n) is 14.4. The van der Waals surface area contributed by atoms with Crippen LogP contribution in [0, 0.1) is 24.0 Å². The lowest BCUT2D eigenvalue weighted by Gasteiger charge is -2.09. The maximum atomic E-state index is 11.1. The summed E-state index contributed by atoms with van der Waals surface area (Å²) in [5.74, 6) is 1.16. The molecular weight excluding hydrogens is 330 g/mol. The smallest absolute Gasteiger partial charge is 0.261 e. The fraction of sp³-hybridized carbons (Fsp3) is 0.105. The number of nitrogens with one attached hydrogen (secondary N) is 1. The number of hydrogen-bond donors (Lipinski definition) is 1. The third-order valence-electron chi connectivity index (χ3n) is 3.93. The second-order valence-electron chi connectivity index (χ2n) is 5.66. The van der Waals surface area contributed by atoms with Crippen molar-refractivity contribution >= 4 is 17.7 Å². The third-order valence-corrected chi connectivity index (χ3v) is 3.93. The van der Waals surface area contributed by atoms with Crippen molar-refractivity contribution in [3.63, 3.8) is 0 Å². The molecule has 26 heavy (non-hydrogen) atoms. The van der Waals surface area contributed by atoms with Gasteiger partial charge in [0.25, 0.3) is 5.69 Å². The van der Waals surface area contributed by atoms with Crippen LogP contribution in [0.2, 0.25) is 0 Å². The number of anilines is 1. The molecular formula is C19H17N5O2. The molecule has 0 aliphatic heterocycles. The molecule has 0 radical (unpaired) electrons. The van der Waals surface area contributed by atoms with Gasteiger partial charge in [-0.2, -0.15) is 5.10 Å². The van der Waals surface area contributed by atoms with Gasteiger partial charge in [-0.15, -0.1) is 0 Å². The molecule has 0 aliphatic carbocycles. The topological polar surface area (TPSA) is 93.3 Å². The van der Waals surface area contributed by atoms with Crippen LogP contribution < -0.4 is 5.43 Å². The molecule has 7 heteroatoms. The fourth-order valence-corrected chi connectivity index (χ4v) is 2.38. The van der Waals surface area contributed by atoms with Gasteiger partial charge in [-0.3, -0.25) is 15.5 Å². The first-order valence-electron chi connectivity index (χ1n) is 7.99. The average Bonchev–Trinajstić information content (AvgIpc) is 2.66. The first kappa shape index (κ1) is 17.2. The number of aryl methyl sites for hydroxylation is 1. The van der Waals surface area contributed by atoms with Crippen molar-refractivity contribution in [3.05, 3.63) is 81.5 Å². The second kappa shape index (κ2) is 7.52. The van der Waals surface area contributed by atoms with Gasteiger partial charge in [0.15, 0.2) is 11.6 Å². The van der Waals surface area contributed by atoms with Crippen LogP contribution in [0.1, 0.15) is 16.8 Å². The van der Waals surface area contributed by atoms with Crippen LogP contribution in [-0.4, -0.2) is 21.1 Å². The Morgan fingerprint density at radius 1 is 1.04 bits per heavy atom. The average molecular weight is 347 g/mol. The highest BCUT2D eigenvalue weighted by atomic mass is 16.6. The number of benzene rings is 2. The summed E-state index contributed by atoms with van der Waals surface area (Å²) in [5, 5.41) is 15.2. The van der Waals surface area contributed by atoms with Crippen LogP contribution in [0.4, 0.5) is 11.5 Å². The first-order valence-corrected chi connectivity index (χ1v) is 7.99. The van der Waals surface area contributed by atoms with Crippen molar-refractivity contribution in [2.75, 3.05) is 5.43 Å². The fourth-order valence-electron chi connectivity index (χ4n) is 2.38. The van der Waals surface area contributed by atoms with Gasteiger partial charge in [-0.1, -0.05) is 42.5 Å². The molecule has 3 rings (SSSR count). The van der Waals surface area contributed by atoms with Crippen LogP contribution in [0.25, 0.3) is 11.4 Å². The Hall–Kier alpha value is -3.61. The molecule has 130 valence electrons. The van der Waals surface area contributed by atoms with Gasteiger partial charge in [-0.05, 0) is 19.9 Å². The standard InChI is InChI=1S/C19H17N5O2/c1-13-14(2)21-19(15-8-4-3-5-9-15)22-18(13)23-20-12-16-10-6-7-11-17(16)24(25)26/h3-12H,1-2H3,(H,21,22,23)/b20-12+. The predicted octanol–water partition coefficient (Wildman–Crippen LogP) is 4.11. The molecule has 1 heterocycles. The molecule has 2 aromatic carbocycles. The number of para-hydroxylation sites is 1. The maximum Gasteiger partial charge on any atom is 0.278 e. The highest BCUT2D eigenvalue weighted by Crippen LogP contribution is 2.21. The van der Waals surface area contributed by atoms with Gasteiger partial charge in [0.05, 0.1) is 16.7 Å². The molecule has 0 aliphatic rings. The number of hydrogen-bond acceptors (Lipinski definition) is 6. The van der Waals surface area contributed by atoms with E-state index in [4.69, 9.17) is 0 Å². The molecule has 0 bridgehead atoms. The van der Waals surface area contributed by atoms with Crippen molar-refractivity contribution < 1.29 is 4.92 Å². The van der Waals surface area contributed by atoms with Crippen LogP contribution in [-0.2, 0) is 0 Å². The van der Waals surface area contributed by atoms with E-state index in [1.807, 2.05) is 44.2 Å². The van der Waals surface area contributed by atoms with Crippen LogP contribution in [0.3, 0.4) is 0 Å². The zero-order valence-corrected chi connectivity index (χ0v) is 14.4. The Morgan fingerprint density at radius 3 is 2.46 bits per heavy atom. The van der Waals surface area contributed by atoms with E-state index in [2.05, 4.69) is 20.5 Å². The quantitative estimate of drug-likeness (QED) is 0.426. The summed E-state index contributed by atoms with van der Waals surface area (Å²) >= 11 is 0. The number of nitro benzene ring substituents is 1. The predicted molar refractivity (Wildman–Crippen MR) is 101 cm³/mol. The summed E-state index contributed by atoms with van der Waals surface area (Å²) in [5.41, 5.74) is 5.89. The second-order valence-corrected chi connectivity index (χ2v) is 5.66. The van der Waals surface area contributed by atoms with Crippen molar-refractivity contribution in [1.82, 2.24) is 9.97 Å². The minimum atomic E-state index is -0.436. The van der Waals surface area contributed by atoms with Gasteiger partial charge in [0.1, 0.15) is 0 Å². The van der Waals surface area contributed by atoms with Crippen LogP contribution in [0.15, 0.2) is 59.7 Å². The summed E-state index contributed by atoms with van der Waals surface area (Å²) in [7, 11) is 0. The van der Waals surface area contributed by atoms with E-state index in [1.54, 1.807) is 18.2 Å². The molecule has 3 aromatic rings. The van der Waals surface area contributed by atoms with Gasteiger partial charge in [-0.25, -0.2) is 9.97 Å². The Morgan fingerprint density at radius 2 is 1.73 bits per heavy atom. The maximum absolute atomic E-state index is 11.1. The molecule has 0 fully saturated rings. The summed E-state index contributed by atoms with van der Waals surface area (Å²) in [6, 6.07) is 16.1. The Labute approximate surface area is 150 Å². The number of nitro groups is 1. The Bertz CT molecular complexity index is 971. The van der Waals surface area contributed by atoms with Crippen LogP contribution >= 0.6 is 0 Å². The molecule has 0 unspecified atom stereocenters. The van der Waals surface area contributed by atoms with E-state index < -0.39 is 4.92 Å². The highest BCUT2D eigenvalue weighted by Gasteiger charge is 2.11. The van der Waals surface area contributed by atoms with Crippen molar-refractivity contribution in [1.29, 1.82) is 0 Å². The van der Waals surface area contributed by atoms with E-state index in [-0.39, 0.29) is 5.69 Å². The summed E-state index contributed by atoms with van der Waals surface area (Å²) < 4.78 is 0. The minimum Gasteiger partial charge on any atom is -0.261 e. The number of hydrazone groups is 1. The number of rotatable bonds is 5. The lowest BCUT2D eigenvalue weighted by Crippen LogP contribution is -2.03. The van der Waals surface area contributed by atoms with E-state index in [9.17, 15) is 10.1 Å². The zero-order chi connectivity index (χ0) is 18.5. The summed E-state index contributed by atoms with van der Waals surface area (Å²) in [6.07, 6.45) is 1.41. The summed E-state index contributed by atoms with van der Waals surface area (Å²) in [6.45, 7) is 3.80. The van der Waals surface area contributed by atoms with Gasteiger partial charge in [0.2, 0.25) is 0 Å². The van der Waals surface area contributed by atoms with Gasteiger partial charge >= 0.3 is 0 Å².